The van der Waals surface area contributed by atoms with Gasteiger partial charge in [0.15, 0.2) is 0 Å². The Labute approximate surface area is 133 Å². The molecule has 1 fully saturated rings. The van der Waals surface area contributed by atoms with Gasteiger partial charge in [-0.25, -0.2) is 0 Å². The van der Waals surface area contributed by atoms with Crippen molar-refractivity contribution in [3.8, 4) is 0 Å². The molecule has 1 aliphatic rings. The summed E-state index contributed by atoms with van der Waals surface area (Å²) < 4.78 is 0. The number of carboxylic acids is 1. The fraction of sp³-hybridized carbons (Fsp3) is 0.462. The number of halogens is 2. The van der Waals surface area contributed by atoms with Gasteiger partial charge in [-0.3, -0.25) is 19.8 Å². The van der Waals surface area contributed by atoms with Gasteiger partial charge in [0.25, 0.3) is 5.69 Å². The van der Waals surface area contributed by atoms with Gasteiger partial charge in [-0.2, -0.15) is 0 Å². The van der Waals surface area contributed by atoms with Crippen molar-refractivity contribution in [1.82, 2.24) is 4.90 Å². The summed E-state index contributed by atoms with van der Waals surface area (Å²) in [4.78, 5) is 23.3. The van der Waals surface area contributed by atoms with E-state index in [0.717, 1.165) is 0 Å². The van der Waals surface area contributed by atoms with Gasteiger partial charge < -0.3 is 5.11 Å². The van der Waals surface area contributed by atoms with E-state index < -0.39 is 10.9 Å². The van der Waals surface area contributed by atoms with Crippen LogP contribution in [0.1, 0.15) is 18.4 Å². The van der Waals surface area contributed by atoms with Gasteiger partial charge in [-0.05, 0) is 37.6 Å². The molecule has 0 unspecified atom stereocenters. The second-order valence-electron chi connectivity index (χ2n) is 4.92. The van der Waals surface area contributed by atoms with Crippen LogP contribution in [0.2, 0.25) is 5.02 Å². The van der Waals surface area contributed by atoms with Crippen molar-refractivity contribution in [1.29, 1.82) is 0 Å². The van der Waals surface area contributed by atoms with Crippen LogP contribution in [-0.2, 0) is 11.3 Å². The van der Waals surface area contributed by atoms with Crippen LogP contribution in [0.5, 0.6) is 0 Å². The van der Waals surface area contributed by atoms with Crippen LogP contribution in [0.4, 0.5) is 5.69 Å². The van der Waals surface area contributed by atoms with E-state index in [1.54, 1.807) is 0 Å². The third-order valence-electron chi connectivity index (χ3n) is 3.57. The molecule has 21 heavy (non-hydrogen) atoms. The van der Waals surface area contributed by atoms with E-state index in [4.69, 9.17) is 16.7 Å². The summed E-state index contributed by atoms with van der Waals surface area (Å²) in [6.07, 6.45) is 1.20. The van der Waals surface area contributed by atoms with Gasteiger partial charge in [0, 0.05) is 23.7 Å². The van der Waals surface area contributed by atoms with Crippen molar-refractivity contribution in [2.75, 3.05) is 13.1 Å². The van der Waals surface area contributed by atoms with Gasteiger partial charge in [-0.1, -0.05) is 11.6 Å². The van der Waals surface area contributed by atoms with Crippen molar-refractivity contribution < 1.29 is 14.8 Å². The highest BCUT2D eigenvalue weighted by Crippen LogP contribution is 2.25. The molecule has 1 aromatic carbocycles. The number of nitro benzene ring substituents is 1. The lowest BCUT2D eigenvalue weighted by Crippen LogP contribution is -2.35. The summed E-state index contributed by atoms with van der Waals surface area (Å²) in [6.45, 7) is 1.83. The Morgan fingerprint density at radius 2 is 2.05 bits per heavy atom. The fourth-order valence-electron chi connectivity index (χ4n) is 2.37. The molecule has 2 rings (SSSR count). The fourth-order valence-corrected chi connectivity index (χ4v) is 2.55. The molecular formula is C13H16Cl2N2O4. The van der Waals surface area contributed by atoms with E-state index in [0.29, 0.717) is 43.1 Å². The summed E-state index contributed by atoms with van der Waals surface area (Å²) in [5.41, 5.74) is 0.722. The van der Waals surface area contributed by atoms with E-state index in [-0.39, 0.29) is 24.0 Å². The molecule has 0 amide bonds. The van der Waals surface area contributed by atoms with Crippen molar-refractivity contribution in [3.05, 3.63) is 38.9 Å². The largest absolute Gasteiger partial charge is 0.481 e. The van der Waals surface area contributed by atoms with Crippen LogP contribution in [0, 0.1) is 16.0 Å². The zero-order valence-electron chi connectivity index (χ0n) is 11.2. The molecule has 1 aliphatic heterocycles. The maximum atomic E-state index is 10.9. The summed E-state index contributed by atoms with van der Waals surface area (Å²) in [5.74, 6) is -1.04. The zero-order chi connectivity index (χ0) is 14.7. The topological polar surface area (TPSA) is 83.7 Å². The van der Waals surface area contributed by atoms with Crippen LogP contribution in [0.25, 0.3) is 0 Å². The number of likely N-dealkylation sites (tertiary alicyclic amines) is 1. The monoisotopic (exact) mass is 334 g/mol. The molecule has 0 radical (unpaired) electrons. The maximum Gasteiger partial charge on any atom is 0.306 e. The molecule has 1 N–H and O–H groups in total. The van der Waals surface area contributed by atoms with E-state index in [9.17, 15) is 14.9 Å². The number of hydrogen-bond donors (Lipinski definition) is 1. The average molecular weight is 335 g/mol. The molecule has 0 aliphatic carbocycles. The van der Waals surface area contributed by atoms with Crippen molar-refractivity contribution in [3.63, 3.8) is 0 Å². The zero-order valence-corrected chi connectivity index (χ0v) is 12.8. The number of carbonyl (C=O) groups is 1. The highest BCUT2D eigenvalue weighted by atomic mass is 35.5. The van der Waals surface area contributed by atoms with Gasteiger partial charge >= 0.3 is 5.97 Å². The predicted octanol–water partition coefficient (Wildman–Crippen LogP) is 2.97. The lowest BCUT2D eigenvalue weighted by atomic mass is 9.97. The number of nitro groups is 1. The molecule has 1 heterocycles. The average Bonchev–Trinajstić information content (AvgIpc) is 2.41. The van der Waals surface area contributed by atoms with Crippen LogP contribution >= 0.6 is 24.0 Å². The minimum atomic E-state index is -0.752. The Morgan fingerprint density at radius 1 is 1.43 bits per heavy atom. The van der Waals surface area contributed by atoms with Crippen molar-refractivity contribution in [2.45, 2.75) is 19.4 Å². The Hall–Kier alpha value is -1.37. The molecule has 0 saturated carbocycles. The second-order valence-corrected chi connectivity index (χ2v) is 5.33. The van der Waals surface area contributed by atoms with Crippen LogP contribution < -0.4 is 0 Å². The Balaban J connectivity index is 0.00000220. The number of aliphatic carboxylic acids is 1. The summed E-state index contributed by atoms with van der Waals surface area (Å²) in [7, 11) is 0. The first-order valence-electron chi connectivity index (χ1n) is 6.35. The SMILES string of the molecule is Cl.O=C(O)C1CCN(Cc2cc([N+](=O)[O-])ccc2Cl)CC1. The Morgan fingerprint density at radius 3 is 2.57 bits per heavy atom. The van der Waals surface area contributed by atoms with Gasteiger partial charge in [0.05, 0.1) is 10.8 Å². The van der Waals surface area contributed by atoms with Crippen molar-refractivity contribution >= 4 is 35.7 Å². The van der Waals surface area contributed by atoms with Crippen LogP contribution in [0.15, 0.2) is 18.2 Å². The number of rotatable bonds is 4. The Bertz CT molecular complexity index is 531. The van der Waals surface area contributed by atoms with Crippen LogP contribution in [0.3, 0.4) is 0 Å². The highest BCUT2D eigenvalue weighted by molar-refractivity contribution is 6.31. The minimum Gasteiger partial charge on any atom is -0.481 e. The highest BCUT2D eigenvalue weighted by Gasteiger charge is 2.25. The lowest BCUT2D eigenvalue weighted by molar-refractivity contribution is -0.384. The number of carboxylic acid groups (broad SMARTS) is 1. The molecule has 6 nitrogen and oxygen atoms in total. The summed E-state index contributed by atoms with van der Waals surface area (Å²) >= 11 is 6.06. The molecular weight excluding hydrogens is 319 g/mol. The molecule has 8 heteroatoms. The number of nitrogens with zero attached hydrogens (tertiary/aromatic N) is 2. The van der Waals surface area contributed by atoms with E-state index in [1.165, 1.54) is 18.2 Å². The quantitative estimate of drug-likeness (QED) is 0.675. The molecule has 0 bridgehead atoms. The predicted molar refractivity (Wildman–Crippen MR) is 81.0 cm³/mol. The lowest BCUT2D eigenvalue weighted by Gasteiger charge is -2.30. The van der Waals surface area contributed by atoms with Gasteiger partial charge in [0.1, 0.15) is 0 Å². The first-order chi connectivity index (χ1) is 9.47. The normalized spacial score (nSPS) is 16.2. The molecule has 116 valence electrons. The molecule has 0 atom stereocenters. The molecule has 1 saturated heterocycles. The van der Waals surface area contributed by atoms with E-state index in [2.05, 4.69) is 4.90 Å². The number of piperidine rings is 1. The van der Waals surface area contributed by atoms with E-state index >= 15 is 0 Å². The molecule has 1 aromatic rings. The number of non-ortho nitro benzene ring substituents is 1. The number of hydrogen-bond acceptors (Lipinski definition) is 4. The molecule has 0 aromatic heterocycles. The third kappa shape index (κ3) is 4.56. The first-order valence-corrected chi connectivity index (χ1v) is 6.73. The van der Waals surface area contributed by atoms with Gasteiger partial charge in [-0.15, -0.1) is 12.4 Å². The number of benzene rings is 1. The standard InChI is InChI=1S/C13H15ClN2O4.ClH/c14-12-2-1-11(16(19)20)7-10(12)8-15-5-3-9(4-6-15)13(17)18;/h1-2,7,9H,3-6,8H2,(H,17,18);1H. The van der Waals surface area contributed by atoms with Gasteiger partial charge in [0.2, 0.25) is 0 Å². The maximum absolute atomic E-state index is 10.9. The third-order valence-corrected chi connectivity index (χ3v) is 3.94. The first kappa shape index (κ1) is 17.7. The minimum absolute atomic E-state index is 0. The summed E-state index contributed by atoms with van der Waals surface area (Å²) in [6, 6.07) is 4.38. The van der Waals surface area contributed by atoms with E-state index in [1.807, 2.05) is 0 Å². The summed E-state index contributed by atoms with van der Waals surface area (Å²) in [5, 5.41) is 20.2. The smallest absolute Gasteiger partial charge is 0.306 e. The van der Waals surface area contributed by atoms with Crippen LogP contribution in [-0.4, -0.2) is 34.0 Å². The van der Waals surface area contributed by atoms with Crippen molar-refractivity contribution in [2.24, 2.45) is 5.92 Å². The Kier molecular flexibility index (Phi) is 6.39. The molecule has 0 spiro atoms. The second kappa shape index (κ2) is 7.59.